The molecule has 3 rings (SSSR count). The summed E-state index contributed by atoms with van der Waals surface area (Å²) in [6.45, 7) is -0.354. The molecule has 1 saturated carbocycles. The van der Waals surface area contributed by atoms with E-state index in [9.17, 15) is 31.5 Å². The molecule has 0 radical (unpaired) electrons. The predicted molar refractivity (Wildman–Crippen MR) is 91.6 cm³/mol. The van der Waals surface area contributed by atoms with Crippen LogP contribution < -0.4 is 16.4 Å². The molecule has 0 unspecified atom stereocenters. The summed E-state index contributed by atoms with van der Waals surface area (Å²) in [4.78, 5) is 27.1. The topological polar surface area (TPSA) is 97.1 Å². The second-order valence-corrected chi connectivity index (χ2v) is 6.57. The lowest BCUT2D eigenvalue weighted by Gasteiger charge is -2.16. The van der Waals surface area contributed by atoms with Crippen molar-refractivity contribution in [2.45, 2.75) is 25.6 Å². The predicted octanol–water partition coefficient (Wildman–Crippen LogP) is 3.00. The first-order valence-electron chi connectivity index (χ1n) is 8.40. The number of anilines is 2. The summed E-state index contributed by atoms with van der Waals surface area (Å²) in [5.74, 6) is -3.52. The zero-order valence-corrected chi connectivity index (χ0v) is 14.7. The zero-order chi connectivity index (χ0) is 21.4. The Hall–Kier alpha value is -3.24. The van der Waals surface area contributed by atoms with Gasteiger partial charge in [0.1, 0.15) is 17.0 Å². The minimum Gasteiger partial charge on any atom is -0.369 e. The summed E-state index contributed by atoms with van der Waals surface area (Å²) in [5.41, 5.74) is 1.34. The average Bonchev–Trinajstić information content (AvgIpc) is 3.43. The van der Waals surface area contributed by atoms with E-state index >= 15 is 0 Å². The lowest BCUT2D eigenvalue weighted by molar-refractivity contribution is -0.137. The van der Waals surface area contributed by atoms with E-state index in [2.05, 4.69) is 15.6 Å². The smallest absolute Gasteiger partial charge is 0.369 e. The van der Waals surface area contributed by atoms with Gasteiger partial charge in [-0.15, -0.1) is 0 Å². The normalized spacial score (nSPS) is 14.9. The van der Waals surface area contributed by atoms with Gasteiger partial charge >= 0.3 is 6.18 Å². The van der Waals surface area contributed by atoms with E-state index in [4.69, 9.17) is 5.73 Å². The number of amides is 2. The number of nitrogens with two attached hydrogens (primary N) is 1. The second-order valence-electron chi connectivity index (χ2n) is 6.57. The SMILES string of the molecule is NC(=O)C1(C(=O)NCc2ncc(Nc3c(F)cccc3C(F)(F)F)cc2F)CC1. The van der Waals surface area contributed by atoms with Crippen molar-refractivity contribution in [2.24, 2.45) is 11.1 Å². The Balaban J connectivity index is 1.74. The van der Waals surface area contributed by atoms with Crippen LogP contribution in [0.1, 0.15) is 24.1 Å². The van der Waals surface area contributed by atoms with Gasteiger partial charge in [-0.05, 0) is 25.0 Å². The van der Waals surface area contributed by atoms with Gasteiger partial charge in [-0.3, -0.25) is 14.6 Å². The number of nitrogens with one attached hydrogen (secondary N) is 2. The molecule has 4 N–H and O–H groups in total. The number of pyridine rings is 1. The number of hydrogen-bond donors (Lipinski definition) is 3. The maximum absolute atomic E-state index is 14.2. The number of carbonyl (C=O) groups excluding carboxylic acids is 2. The number of carbonyl (C=O) groups is 2. The average molecular weight is 414 g/mol. The van der Waals surface area contributed by atoms with Gasteiger partial charge < -0.3 is 16.4 Å². The fraction of sp³-hybridized carbons (Fsp3) is 0.278. The van der Waals surface area contributed by atoms with E-state index in [0.29, 0.717) is 18.9 Å². The van der Waals surface area contributed by atoms with Crippen molar-refractivity contribution in [3.8, 4) is 0 Å². The van der Waals surface area contributed by atoms with Crippen LogP contribution in [0.15, 0.2) is 30.5 Å². The maximum atomic E-state index is 14.2. The third-order valence-corrected chi connectivity index (χ3v) is 4.58. The molecule has 1 aromatic carbocycles. The lowest BCUT2D eigenvalue weighted by atomic mass is 10.1. The van der Waals surface area contributed by atoms with Crippen molar-refractivity contribution in [1.29, 1.82) is 0 Å². The van der Waals surface area contributed by atoms with Crippen molar-refractivity contribution in [1.82, 2.24) is 10.3 Å². The summed E-state index contributed by atoms with van der Waals surface area (Å²) in [7, 11) is 0. The van der Waals surface area contributed by atoms with E-state index < -0.39 is 46.3 Å². The van der Waals surface area contributed by atoms with Gasteiger partial charge in [-0.1, -0.05) is 6.07 Å². The van der Waals surface area contributed by atoms with Crippen molar-refractivity contribution >= 4 is 23.2 Å². The van der Waals surface area contributed by atoms with Gasteiger partial charge in [0.2, 0.25) is 11.8 Å². The molecular formula is C18H15F5N4O2. The molecule has 29 heavy (non-hydrogen) atoms. The first kappa shape index (κ1) is 20.5. The van der Waals surface area contributed by atoms with Crippen LogP contribution >= 0.6 is 0 Å². The van der Waals surface area contributed by atoms with Crippen LogP contribution in [0.4, 0.5) is 33.3 Å². The third-order valence-electron chi connectivity index (χ3n) is 4.58. The number of benzene rings is 1. The molecule has 6 nitrogen and oxygen atoms in total. The summed E-state index contributed by atoms with van der Waals surface area (Å²) < 4.78 is 67.2. The molecule has 0 saturated heterocycles. The van der Waals surface area contributed by atoms with Crippen molar-refractivity contribution in [3.05, 3.63) is 53.4 Å². The molecule has 0 atom stereocenters. The number of alkyl halides is 3. The van der Waals surface area contributed by atoms with E-state index in [0.717, 1.165) is 24.4 Å². The number of para-hydroxylation sites is 1. The first-order chi connectivity index (χ1) is 13.5. The first-order valence-corrected chi connectivity index (χ1v) is 8.40. The molecule has 2 amide bonds. The fourth-order valence-electron chi connectivity index (χ4n) is 2.74. The van der Waals surface area contributed by atoms with Crippen LogP contribution in [0, 0.1) is 17.0 Å². The Bertz CT molecular complexity index is 973. The standard InChI is InChI=1S/C18H15F5N4O2/c19-11-3-1-2-10(18(21,22)23)14(11)27-9-6-12(20)13(25-7-9)8-26-16(29)17(4-5-17)15(24)28/h1-3,6-7,27H,4-5,8H2,(H2,24,28)(H,26,29). The number of halogens is 5. The number of rotatable bonds is 6. The third kappa shape index (κ3) is 4.13. The molecular weight excluding hydrogens is 399 g/mol. The molecule has 0 bridgehead atoms. The molecule has 1 fully saturated rings. The van der Waals surface area contributed by atoms with Gasteiger partial charge in [0.15, 0.2) is 0 Å². The summed E-state index contributed by atoms with van der Waals surface area (Å²) >= 11 is 0. The van der Waals surface area contributed by atoms with E-state index in [1.54, 1.807) is 0 Å². The van der Waals surface area contributed by atoms with Gasteiger partial charge in [0.25, 0.3) is 0 Å². The van der Waals surface area contributed by atoms with Crippen LogP contribution in [-0.2, 0) is 22.3 Å². The number of aromatic nitrogens is 1. The van der Waals surface area contributed by atoms with Crippen LogP contribution in [0.3, 0.4) is 0 Å². The maximum Gasteiger partial charge on any atom is 0.418 e. The molecule has 1 aliphatic rings. The zero-order valence-electron chi connectivity index (χ0n) is 14.7. The fourth-order valence-corrected chi connectivity index (χ4v) is 2.74. The Morgan fingerprint density at radius 2 is 1.86 bits per heavy atom. The van der Waals surface area contributed by atoms with Gasteiger partial charge in [0.05, 0.1) is 35.4 Å². The number of hydrogen-bond acceptors (Lipinski definition) is 4. The van der Waals surface area contributed by atoms with Gasteiger partial charge in [0, 0.05) is 6.07 Å². The highest BCUT2D eigenvalue weighted by molar-refractivity contribution is 6.07. The molecule has 1 aromatic heterocycles. The van der Waals surface area contributed by atoms with Crippen LogP contribution in [0.2, 0.25) is 0 Å². The summed E-state index contributed by atoms with van der Waals surface area (Å²) in [6.07, 6.45) is -3.22. The van der Waals surface area contributed by atoms with Crippen LogP contribution in [0.5, 0.6) is 0 Å². The summed E-state index contributed by atoms with van der Waals surface area (Å²) in [6, 6.07) is 3.25. The highest BCUT2D eigenvalue weighted by Crippen LogP contribution is 2.45. The van der Waals surface area contributed by atoms with Crippen LogP contribution in [-0.4, -0.2) is 16.8 Å². The highest BCUT2D eigenvalue weighted by atomic mass is 19.4. The molecule has 0 spiro atoms. The Kier molecular flexibility index (Phi) is 5.16. The largest absolute Gasteiger partial charge is 0.418 e. The monoisotopic (exact) mass is 414 g/mol. The second kappa shape index (κ2) is 7.30. The van der Waals surface area contributed by atoms with Crippen molar-refractivity contribution < 1.29 is 31.5 Å². The molecule has 1 aliphatic carbocycles. The lowest BCUT2D eigenvalue weighted by Crippen LogP contribution is -2.40. The molecule has 154 valence electrons. The molecule has 1 heterocycles. The van der Waals surface area contributed by atoms with Gasteiger partial charge in [-0.2, -0.15) is 13.2 Å². The summed E-state index contributed by atoms with van der Waals surface area (Å²) in [5, 5.41) is 4.54. The van der Waals surface area contributed by atoms with Crippen LogP contribution in [0.25, 0.3) is 0 Å². The molecule has 0 aliphatic heterocycles. The quantitative estimate of drug-likeness (QED) is 0.500. The van der Waals surface area contributed by atoms with Crippen molar-refractivity contribution in [3.63, 3.8) is 0 Å². The Labute approximate surface area is 161 Å². The minimum absolute atomic E-state index is 0.214. The Morgan fingerprint density at radius 3 is 2.41 bits per heavy atom. The van der Waals surface area contributed by atoms with Gasteiger partial charge in [-0.25, -0.2) is 8.78 Å². The van der Waals surface area contributed by atoms with E-state index in [1.165, 1.54) is 0 Å². The van der Waals surface area contributed by atoms with Crippen molar-refractivity contribution in [2.75, 3.05) is 5.32 Å². The highest BCUT2D eigenvalue weighted by Gasteiger charge is 2.55. The minimum atomic E-state index is -4.82. The molecule has 2 aromatic rings. The molecule has 11 heteroatoms. The Morgan fingerprint density at radius 1 is 1.17 bits per heavy atom. The van der Waals surface area contributed by atoms with E-state index in [-0.39, 0.29) is 17.9 Å². The number of nitrogens with zero attached hydrogens (tertiary/aromatic N) is 1. The number of primary amides is 1. The van der Waals surface area contributed by atoms with E-state index in [1.807, 2.05) is 0 Å².